The van der Waals surface area contributed by atoms with E-state index in [2.05, 4.69) is 145 Å². The molecule has 8 rings (SSSR count). The minimum Gasteiger partial charge on any atom is -0.423 e. The number of benzene rings is 6. The van der Waals surface area contributed by atoms with Gasteiger partial charge in [-0.1, -0.05) is 153 Å². The number of rotatable bonds is 2. The lowest BCUT2D eigenvalue weighted by atomic mass is 9.80. The molecule has 6 aromatic carbocycles. The summed E-state index contributed by atoms with van der Waals surface area (Å²) in [7, 11) is -1.41. The first-order valence-electron chi connectivity index (χ1n) is 14.3. The van der Waals surface area contributed by atoms with Gasteiger partial charge in [-0.25, -0.2) is 0 Å². The highest BCUT2D eigenvalue weighted by molar-refractivity contribution is 14.1. The SMILES string of the molecule is CBr.CBr.Ic1ccccc1.OB(O)c1cccc2c1sc1ccccc12.c1ccc(-c2cccc3c2sc2ccccc23)cc1. The van der Waals surface area contributed by atoms with E-state index < -0.39 is 7.12 Å². The van der Waals surface area contributed by atoms with Gasteiger partial charge in [0.2, 0.25) is 0 Å². The largest absolute Gasteiger partial charge is 0.489 e. The molecule has 0 radical (unpaired) electrons. The van der Waals surface area contributed by atoms with Crippen LogP contribution in [0.15, 0.2) is 146 Å². The molecule has 46 heavy (non-hydrogen) atoms. The maximum Gasteiger partial charge on any atom is 0.489 e. The van der Waals surface area contributed by atoms with Crippen LogP contribution in [0.2, 0.25) is 0 Å². The van der Waals surface area contributed by atoms with Crippen molar-refractivity contribution in [2.75, 3.05) is 11.7 Å². The van der Waals surface area contributed by atoms with Crippen molar-refractivity contribution in [3.05, 3.63) is 149 Å². The topological polar surface area (TPSA) is 40.5 Å². The molecule has 0 unspecified atom stereocenters. The van der Waals surface area contributed by atoms with E-state index in [4.69, 9.17) is 0 Å². The Morgan fingerprint density at radius 2 is 0.913 bits per heavy atom. The molecular weight excluding hydrogens is 850 g/mol. The van der Waals surface area contributed by atoms with Crippen molar-refractivity contribution in [3.8, 4) is 11.1 Å². The van der Waals surface area contributed by atoms with Crippen LogP contribution >= 0.6 is 77.1 Å². The first kappa shape index (κ1) is 36.3. The van der Waals surface area contributed by atoms with Gasteiger partial charge < -0.3 is 10.0 Å². The Bertz CT molecular complexity index is 2100. The second-order valence-corrected chi connectivity index (χ2v) is 13.0. The van der Waals surface area contributed by atoms with Crippen LogP contribution in [0.4, 0.5) is 0 Å². The number of fused-ring (bicyclic) bond motifs is 6. The van der Waals surface area contributed by atoms with Crippen LogP contribution in [0.25, 0.3) is 51.5 Å². The van der Waals surface area contributed by atoms with Crippen LogP contribution in [0, 0.1) is 3.57 Å². The van der Waals surface area contributed by atoms with E-state index in [1.807, 2.05) is 71.5 Å². The maximum atomic E-state index is 9.31. The summed E-state index contributed by atoms with van der Waals surface area (Å²) in [6.45, 7) is 0. The van der Waals surface area contributed by atoms with E-state index in [9.17, 15) is 10.0 Å². The second kappa shape index (κ2) is 18.7. The van der Waals surface area contributed by atoms with Gasteiger partial charge in [0.15, 0.2) is 0 Å². The molecule has 0 aliphatic heterocycles. The fraction of sp³-hybridized carbons (Fsp3) is 0.0526. The third-order valence-corrected chi connectivity index (χ3v) is 10.1. The zero-order valence-electron chi connectivity index (χ0n) is 25.3. The smallest absolute Gasteiger partial charge is 0.423 e. The van der Waals surface area contributed by atoms with Crippen molar-refractivity contribution < 1.29 is 10.0 Å². The van der Waals surface area contributed by atoms with Crippen LogP contribution in [-0.4, -0.2) is 28.8 Å². The second-order valence-electron chi connectivity index (χ2n) is 9.64. The fourth-order valence-electron chi connectivity index (χ4n) is 4.98. The Labute approximate surface area is 309 Å². The number of hydrogen-bond donors (Lipinski definition) is 2. The summed E-state index contributed by atoms with van der Waals surface area (Å²) in [5, 5.41) is 23.6. The maximum absolute atomic E-state index is 9.31. The first-order chi connectivity index (χ1) is 22.6. The molecule has 2 N–H and O–H groups in total. The Balaban J connectivity index is 0.000000161. The molecule has 0 amide bonds. The van der Waals surface area contributed by atoms with Gasteiger partial charge in [-0.05, 0) is 80.5 Å². The molecule has 0 bridgehead atoms. The van der Waals surface area contributed by atoms with Crippen molar-refractivity contribution in [3.63, 3.8) is 0 Å². The third kappa shape index (κ3) is 8.86. The average molecular weight is 882 g/mol. The van der Waals surface area contributed by atoms with E-state index in [0.29, 0.717) is 5.46 Å². The normalized spacial score (nSPS) is 10.1. The Morgan fingerprint density at radius 3 is 1.43 bits per heavy atom. The van der Waals surface area contributed by atoms with E-state index in [-0.39, 0.29) is 0 Å². The molecule has 2 aromatic heterocycles. The van der Waals surface area contributed by atoms with E-state index >= 15 is 0 Å². The minimum absolute atomic E-state index is 0.582. The van der Waals surface area contributed by atoms with Crippen LogP contribution in [0.1, 0.15) is 0 Å². The monoisotopic (exact) mass is 880 g/mol. The van der Waals surface area contributed by atoms with Crippen molar-refractivity contribution in [1.82, 2.24) is 0 Å². The van der Waals surface area contributed by atoms with Crippen molar-refractivity contribution in [2.45, 2.75) is 0 Å². The summed E-state index contributed by atoms with van der Waals surface area (Å²) in [5.41, 5.74) is 3.21. The molecule has 2 heterocycles. The predicted octanol–water partition coefficient (Wildman–Crippen LogP) is 11.8. The van der Waals surface area contributed by atoms with Gasteiger partial charge in [0.1, 0.15) is 0 Å². The van der Waals surface area contributed by atoms with Gasteiger partial charge in [0.25, 0.3) is 0 Å². The van der Waals surface area contributed by atoms with Gasteiger partial charge in [0.05, 0.1) is 0 Å². The number of alkyl halides is 2. The quantitative estimate of drug-likeness (QED) is 0.103. The standard InChI is InChI=1S/C18H12S.C12H9BO2S.C6H5I.2CH3Br/c1-2-7-13(8-3-1)14-10-6-11-16-15-9-4-5-12-17(15)19-18(14)16;14-13(15)10-6-3-5-9-8-4-1-2-7-11(8)16-12(9)10;7-6-4-2-1-3-5-6;2*1-2/h1-12H;1-7,14-15H;1-5H;2*1H3. The fourth-order valence-corrected chi connectivity index (χ4v) is 7.87. The van der Waals surface area contributed by atoms with Crippen LogP contribution in [-0.2, 0) is 0 Å². The molecule has 0 saturated carbocycles. The minimum atomic E-state index is -1.41. The molecule has 232 valence electrons. The molecule has 2 nitrogen and oxygen atoms in total. The lowest BCUT2D eigenvalue weighted by Crippen LogP contribution is -2.29. The molecule has 8 heteroatoms. The van der Waals surface area contributed by atoms with Gasteiger partial charge in [-0.15, -0.1) is 22.7 Å². The highest BCUT2D eigenvalue weighted by atomic mass is 127. The number of thiophene rings is 2. The summed E-state index contributed by atoms with van der Waals surface area (Å²) in [6, 6.07) is 49.8. The van der Waals surface area contributed by atoms with Gasteiger partial charge in [0, 0.05) is 38.5 Å². The number of halogens is 3. The Morgan fingerprint density at radius 1 is 0.478 bits per heavy atom. The summed E-state index contributed by atoms with van der Waals surface area (Å²) in [4.78, 5) is 0. The average Bonchev–Trinajstić information content (AvgIpc) is 3.70. The molecule has 0 saturated heterocycles. The number of hydrogen-bond acceptors (Lipinski definition) is 4. The molecular formula is C38H32BBr2IO2S2. The van der Waals surface area contributed by atoms with Crippen LogP contribution in [0.3, 0.4) is 0 Å². The third-order valence-electron chi connectivity index (χ3n) is 6.94. The van der Waals surface area contributed by atoms with Crippen LogP contribution in [0.5, 0.6) is 0 Å². The van der Waals surface area contributed by atoms with Gasteiger partial charge in [-0.2, -0.15) is 0 Å². The highest BCUT2D eigenvalue weighted by Gasteiger charge is 2.17. The first-order valence-corrected chi connectivity index (χ1v) is 20.2. The summed E-state index contributed by atoms with van der Waals surface area (Å²) >= 11 is 11.6. The zero-order chi connectivity index (χ0) is 32.9. The summed E-state index contributed by atoms with van der Waals surface area (Å²) in [6.07, 6.45) is 0. The molecule has 0 fully saturated rings. The molecule has 8 aromatic rings. The molecule has 0 spiro atoms. The summed E-state index contributed by atoms with van der Waals surface area (Å²) < 4.78 is 6.17. The zero-order valence-corrected chi connectivity index (χ0v) is 32.2. The van der Waals surface area contributed by atoms with Crippen molar-refractivity contribution in [1.29, 1.82) is 0 Å². The Hall–Kier alpha value is -2.57. The Kier molecular flexibility index (Phi) is 14.7. The van der Waals surface area contributed by atoms with Crippen LogP contribution < -0.4 is 5.46 Å². The predicted molar refractivity (Wildman–Crippen MR) is 223 cm³/mol. The lowest BCUT2D eigenvalue weighted by Gasteiger charge is -2.02. The van der Waals surface area contributed by atoms with Crippen molar-refractivity contribution >= 4 is 130 Å². The van der Waals surface area contributed by atoms with E-state index in [1.165, 1.54) is 45.0 Å². The van der Waals surface area contributed by atoms with Crippen molar-refractivity contribution in [2.24, 2.45) is 0 Å². The highest BCUT2D eigenvalue weighted by Crippen LogP contribution is 2.39. The summed E-state index contributed by atoms with van der Waals surface area (Å²) in [5.74, 6) is 3.62. The van der Waals surface area contributed by atoms with Gasteiger partial charge in [-0.3, -0.25) is 0 Å². The lowest BCUT2D eigenvalue weighted by molar-refractivity contribution is 0.426. The van der Waals surface area contributed by atoms with Gasteiger partial charge >= 0.3 is 7.12 Å². The molecule has 0 aliphatic carbocycles. The van der Waals surface area contributed by atoms with E-state index in [0.717, 1.165) is 10.1 Å². The molecule has 0 aliphatic rings. The van der Waals surface area contributed by atoms with E-state index in [1.54, 1.807) is 17.4 Å². The molecule has 0 atom stereocenters.